The summed E-state index contributed by atoms with van der Waals surface area (Å²) in [7, 11) is 1.53. The highest BCUT2D eigenvalue weighted by molar-refractivity contribution is 6.38. The first-order chi connectivity index (χ1) is 16.7. The van der Waals surface area contributed by atoms with Gasteiger partial charge in [-0.05, 0) is 48.7 Å². The Morgan fingerprint density at radius 3 is 2.34 bits per heavy atom. The maximum Gasteiger partial charge on any atom is 0.271 e. The number of ketones is 1. The van der Waals surface area contributed by atoms with Crippen molar-refractivity contribution in [3.8, 4) is 23.4 Å². The summed E-state index contributed by atoms with van der Waals surface area (Å²) in [5, 5.41) is 20.9. The number of halogens is 2. The van der Waals surface area contributed by atoms with Crippen molar-refractivity contribution in [1.29, 1.82) is 5.26 Å². The Bertz CT molecular complexity index is 1340. The van der Waals surface area contributed by atoms with Gasteiger partial charge in [0.1, 0.15) is 17.4 Å². The van der Waals surface area contributed by atoms with Crippen molar-refractivity contribution in [3.63, 3.8) is 0 Å². The number of carbonyl (C=O) groups is 1. The minimum Gasteiger partial charge on any atom is -0.497 e. The summed E-state index contributed by atoms with van der Waals surface area (Å²) in [6.07, 6.45) is 1.74. The fourth-order valence-corrected chi connectivity index (χ4v) is 4.17. The molecule has 0 fully saturated rings. The third-order valence-corrected chi connectivity index (χ3v) is 6.09. The number of aromatic nitrogens is 1. The van der Waals surface area contributed by atoms with E-state index in [1.165, 1.54) is 26.2 Å². The van der Waals surface area contributed by atoms with Crippen LogP contribution in [0.15, 0.2) is 41.2 Å². The lowest BCUT2D eigenvalue weighted by Gasteiger charge is -2.17. The predicted molar refractivity (Wildman–Crippen MR) is 134 cm³/mol. The molecule has 0 unspecified atom stereocenters. The molecular weight excluding hydrogens is 491 g/mol. The molecule has 0 aliphatic heterocycles. The van der Waals surface area contributed by atoms with Gasteiger partial charge in [-0.15, -0.1) is 0 Å². The Labute approximate surface area is 213 Å². The molecule has 0 spiro atoms. The Morgan fingerprint density at radius 1 is 1.17 bits per heavy atom. The minimum atomic E-state index is -0.703. The summed E-state index contributed by atoms with van der Waals surface area (Å²) < 4.78 is 11.8. The number of methoxy groups -OCH3 is 1. The molecule has 9 heteroatoms. The first kappa shape index (κ1) is 26.1. The average molecular weight is 515 g/mol. The number of unbranched alkanes of at least 4 members (excludes halogenated alkanes) is 1. The number of aromatic hydroxyl groups is 1. The highest BCUT2D eigenvalue weighted by Gasteiger charge is 2.26. The smallest absolute Gasteiger partial charge is 0.271 e. The second-order valence-corrected chi connectivity index (χ2v) is 8.66. The largest absolute Gasteiger partial charge is 0.497 e. The third kappa shape index (κ3) is 5.45. The lowest BCUT2D eigenvalue weighted by atomic mass is 9.97. The fourth-order valence-electron chi connectivity index (χ4n) is 3.57. The normalized spacial score (nSPS) is 10.6. The number of pyridine rings is 1. The molecule has 0 radical (unpaired) electrons. The first-order valence-corrected chi connectivity index (χ1v) is 11.6. The summed E-state index contributed by atoms with van der Waals surface area (Å²) in [4.78, 5) is 26.4. The van der Waals surface area contributed by atoms with Gasteiger partial charge in [-0.3, -0.25) is 14.2 Å². The van der Waals surface area contributed by atoms with Crippen LogP contribution in [0.25, 0.3) is 0 Å². The standard InChI is InChI=1S/C26H24Cl2N2O5/c1-4-5-10-35-24-20(27)11-17(12-21(24)28)23(31)22-15(2)19(13-29)25(32)30(26(22)33)14-16-6-8-18(34-3)9-7-16/h6-9,11-12,33H,4-5,10,14H2,1-3H3. The van der Waals surface area contributed by atoms with E-state index in [2.05, 4.69) is 0 Å². The van der Waals surface area contributed by atoms with Crippen LogP contribution in [0.1, 0.15) is 52.4 Å². The SMILES string of the molecule is CCCCOc1c(Cl)cc(C(=O)c2c(C)c(C#N)c(=O)n(Cc3ccc(OC)cc3)c2O)cc1Cl. The number of hydrogen-bond acceptors (Lipinski definition) is 6. The lowest BCUT2D eigenvalue weighted by molar-refractivity contribution is 0.103. The summed E-state index contributed by atoms with van der Waals surface area (Å²) in [6.45, 7) is 3.82. The van der Waals surface area contributed by atoms with E-state index in [9.17, 15) is 20.0 Å². The third-order valence-electron chi connectivity index (χ3n) is 5.53. The molecule has 7 nitrogen and oxygen atoms in total. The number of hydrogen-bond donors (Lipinski definition) is 1. The molecule has 2 aromatic carbocycles. The molecule has 3 rings (SSSR count). The van der Waals surface area contributed by atoms with Crippen LogP contribution in [0.3, 0.4) is 0 Å². The molecule has 0 aliphatic carbocycles. The van der Waals surface area contributed by atoms with Gasteiger partial charge in [0.05, 0.1) is 35.9 Å². The Balaban J connectivity index is 2.09. The number of rotatable bonds is 9. The highest BCUT2D eigenvalue weighted by Crippen LogP contribution is 2.36. The lowest BCUT2D eigenvalue weighted by Crippen LogP contribution is -2.27. The molecule has 0 saturated heterocycles. The summed E-state index contributed by atoms with van der Waals surface area (Å²) in [5.74, 6) is -0.299. The first-order valence-electron chi connectivity index (χ1n) is 10.9. The van der Waals surface area contributed by atoms with Crippen molar-refractivity contribution in [3.05, 3.63) is 84.6 Å². The van der Waals surface area contributed by atoms with E-state index in [1.54, 1.807) is 24.3 Å². The zero-order valence-corrected chi connectivity index (χ0v) is 21.0. The number of benzene rings is 2. The van der Waals surface area contributed by atoms with Crippen LogP contribution in [0.4, 0.5) is 0 Å². The topological polar surface area (TPSA) is 102 Å². The maximum absolute atomic E-state index is 13.5. The summed E-state index contributed by atoms with van der Waals surface area (Å²) >= 11 is 12.7. The van der Waals surface area contributed by atoms with Crippen LogP contribution in [-0.2, 0) is 6.54 Å². The minimum absolute atomic E-state index is 0.0599. The molecule has 1 N–H and O–H groups in total. The zero-order valence-electron chi connectivity index (χ0n) is 19.5. The van der Waals surface area contributed by atoms with E-state index in [0.717, 1.165) is 17.4 Å². The van der Waals surface area contributed by atoms with E-state index in [-0.39, 0.29) is 44.6 Å². The van der Waals surface area contributed by atoms with Crippen molar-refractivity contribution in [2.45, 2.75) is 33.2 Å². The van der Waals surface area contributed by atoms with E-state index in [0.29, 0.717) is 17.9 Å². The second kappa shape index (κ2) is 11.3. The van der Waals surface area contributed by atoms with Gasteiger partial charge < -0.3 is 14.6 Å². The zero-order chi connectivity index (χ0) is 25.7. The monoisotopic (exact) mass is 514 g/mol. The van der Waals surface area contributed by atoms with Gasteiger partial charge in [0.25, 0.3) is 5.56 Å². The Morgan fingerprint density at radius 2 is 1.80 bits per heavy atom. The van der Waals surface area contributed by atoms with Gasteiger partial charge in [0.15, 0.2) is 11.5 Å². The van der Waals surface area contributed by atoms with Crippen LogP contribution in [-0.4, -0.2) is 29.2 Å². The molecule has 0 bridgehead atoms. The quantitative estimate of drug-likeness (QED) is 0.298. The second-order valence-electron chi connectivity index (χ2n) is 7.85. The van der Waals surface area contributed by atoms with Gasteiger partial charge in [-0.25, -0.2) is 0 Å². The van der Waals surface area contributed by atoms with E-state index in [1.807, 2.05) is 13.0 Å². The molecule has 0 saturated carbocycles. The Kier molecular flexibility index (Phi) is 8.44. The molecular formula is C26H24Cl2N2O5. The number of carbonyl (C=O) groups excluding carboxylic acids is 1. The average Bonchev–Trinajstić information content (AvgIpc) is 2.84. The molecule has 1 aromatic heterocycles. The predicted octanol–water partition coefficient (Wildman–Crippen LogP) is 5.51. The van der Waals surface area contributed by atoms with Crippen LogP contribution in [0, 0.1) is 18.3 Å². The highest BCUT2D eigenvalue weighted by atomic mass is 35.5. The van der Waals surface area contributed by atoms with Crippen LogP contribution < -0.4 is 15.0 Å². The van der Waals surface area contributed by atoms with Gasteiger partial charge >= 0.3 is 0 Å². The van der Waals surface area contributed by atoms with Gasteiger partial charge in [0.2, 0.25) is 5.88 Å². The van der Waals surface area contributed by atoms with Gasteiger partial charge in [0, 0.05) is 5.56 Å². The molecule has 3 aromatic rings. The van der Waals surface area contributed by atoms with Crippen molar-refractivity contribution < 1.29 is 19.4 Å². The molecule has 35 heavy (non-hydrogen) atoms. The van der Waals surface area contributed by atoms with Gasteiger partial charge in [-0.1, -0.05) is 48.7 Å². The van der Waals surface area contributed by atoms with Crippen molar-refractivity contribution in [1.82, 2.24) is 4.57 Å². The summed E-state index contributed by atoms with van der Waals surface area (Å²) in [6, 6.07) is 11.5. The van der Waals surface area contributed by atoms with E-state index >= 15 is 0 Å². The van der Waals surface area contributed by atoms with Crippen LogP contribution in [0.5, 0.6) is 17.4 Å². The molecule has 182 valence electrons. The van der Waals surface area contributed by atoms with Crippen molar-refractivity contribution >= 4 is 29.0 Å². The van der Waals surface area contributed by atoms with E-state index in [4.69, 9.17) is 32.7 Å². The number of nitrogens with zero attached hydrogens (tertiary/aromatic N) is 2. The van der Waals surface area contributed by atoms with Gasteiger partial charge in [-0.2, -0.15) is 5.26 Å². The van der Waals surface area contributed by atoms with Crippen molar-refractivity contribution in [2.75, 3.05) is 13.7 Å². The summed E-state index contributed by atoms with van der Waals surface area (Å²) in [5.41, 5.74) is -0.307. The van der Waals surface area contributed by atoms with Crippen LogP contribution >= 0.6 is 23.2 Å². The Hall–Kier alpha value is -3.47. The van der Waals surface area contributed by atoms with Crippen LogP contribution in [0.2, 0.25) is 10.0 Å². The van der Waals surface area contributed by atoms with E-state index < -0.39 is 17.2 Å². The number of ether oxygens (including phenoxy) is 2. The van der Waals surface area contributed by atoms with Crippen molar-refractivity contribution in [2.24, 2.45) is 0 Å². The fraction of sp³-hybridized carbons (Fsp3) is 0.269. The molecule has 0 amide bonds. The molecule has 0 aliphatic rings. The molecule has 1 heterocycles. The number of nitriles is 1. The maximum atomic E-state index is 13.5. The molecule has 0 atom stereocenters.